The van der Waals surface area contributed by atoms with Crippen LogP contribution in [0.25, 0.3) is 0 Å². The maximum Gasteiger partial charge on any atom is 0.419 e. The van der Waals surface area contributed by atoms with E-state index in [2.05, 4.69) is 0 Å². The lowest BCUT2D eigenvalue weighted by Crippen LogP contribution is -2.17. The predicted octanol–water partition coefficient (Wildman–Crippen LogP) is 5.41. The summed E-state index contributed by atoms with van der Waals surface area (Å²) in [6.07, 6.45) is -10.5. The molecule has 0 fully saturated rings. The number of hydrogen-bond donors (Lipinski definition) is 1. The predicted molar refractivity (Wildman–Crippen MR) is 76.9 cm³/mol. The maximum absolute atomic E-state index is 13.9. The van der Waals surface area contributed by atoms with E-state index >= 15 is 0 Å². The molecule has 1 unspecified atom stereocenters. The Hall–Kier alpha value is -2.65. The molecule has 2 rings (SSSR count). The third-order valence-corrected chi connectivity index (χ3v) is 3.80. The summed E-state index contributed by atoms with van der Waals surface area (Å²) in [6, 6.07) is 2.90. The molecule has 0 aliphatic heterocycles. The molecule has 2 nitrogen and oxygen atoms in total. The monoisotopic (exact) mass is 398 g/mol. The first-order valence-electron chi connectivity index (χ1n) is 7.25. The third-order valence-electron chi connectivity index (χ3n) is 3.80. The van der Waals surface area contributed by atoms with Crippen LogP contribution in [-0.4, -0.2) is 11.1 Å². The number of aliphatic carboxylic acids is 1. The van der Waals surface area contributed by atoms with Crippen molar-refractivity contribution in [3.05, 3.63) is 70.3 Å². The maximum atomic E-state index is 13.9. The smallest absolute Gasteiger partial charge is 0.419 e. The second-order valence-electron chi connectivity index (χ2n) is 5.64. The molecule has 0 amide bonds. The summed E-state index contributed by atoms with van der Waals surface area (Å²) < 4.78 is 103. The summed E-state index contributed by atoms with van der Waals surface area (Å²) >= 11 is 0. The van der Waals surface area contributed by atoms with Gasteiger partial charge in [0.25, 0.3) is 0 Å². The summed E-state index contributed by atoms with van der Waals surface area (Å²) in [4.78, 5) is 11.4. The lowest BCUT2D eigenvalue weighted by atomic mass is 9.90. The second kappa shape index (κ2) is 7.16. The van der Waals surface area contributed by atoms with Crippen molar-refractivity contribution in [3.63, 3.8) is 0 Å². The van der Waals surface area contributed by atoms with Gasteiger partial charge in [0.05, 0.1) is 17.0 Å². The summed E-state index contributed by atoms with van der Waals surface area (Å²) in [7, 11) is 0. The first-order valence-corrected chi connectivity index (χ1v) is 7.25. The summed E-state index contributed by atoms with van der Waals surface area (Å²) in [5, 5.41) is 9.24. The summed E-state index contributed by atoms with van der Waals surface area (Å²) in [5.41, 5.74) is -3.67. The van der Waals surface area contributed by atoms with Crippen LogP contribution in [0.5, 0.6) is 0 Å². The average Bonchev–Trinajstić information content (AvgIpc) is 2.51. The molecule has 0 radical (unpaired) electrons. The van der Waals surface area contributed by atoms with Gasteiger partial charge in [-0.3, -0.25) is 4.79 Å². The number of carboxylic acid groups (broad SMARTS) is 1. The van der Waals surface area contributed by atoms with E-state index < -0.39 is 59.0 Å². The van der Waals surface area contributed by atoms with Gasteiger partial charge in [-0.1, -0.05) is 12.1 Å². The van der Waals surface area contributed by atoms with E-state index in [-0.39, 0.29) is 11.6 Å². The van der Waals surface area contributed by atoms with Gasteiger partial charge in [0.2, 0.25) is 0 Å². The quantitative estimate of drug-likeness (QED) is 0.699. The Bertz CT molecular complexity index is 855. The Labute approximate surface area is 147 Å². The van der Waals surface area contributed by atoms with E-state index in [0.29, 0.717) is 18.2 Å². The van der Waals surface area contributed by atoms with Crippen molar-refractivity contribution in [3.8, 4) is 0 Å². The van der Waals surface area contributed by atoms with Crippen molar-refractivity contribution in [2.24, 2.45) is 0 Å². The van der Waals surface area contributed by atoms with Gasteiger partial charge in [0.15, 0.2) is 0 Å². The minimum Gasteiger partial charge on any atom is -0.481 e. The first-order chi connectivity index (χ1) is 12.3. The molecule has 0 spiro atoms. The van der Waals surface area contributed by atoms with Gasteiger partial charge < -0.3 is 5.11 Å². The van der Waals surface area contributed by atoms with Crippen LogP contribution in [0, 0.1) is 11.6 Å². The van der Waals surface area contributed by atoms with E-state index in [9.17, 15) is 45.0 Å². The van der Waals surface area contributed by atoms with Crippen LogP contribution < -0.4 is 0 Å². The molecule has 1 N–H and O–H groups in total. The van der Waals surface area contributed by atoms with E-state index in [1.54, 1.807) is 0 Å². The first kappa shape index (κ1) is 20.7. The fourth-order valence-electron chi connectivity index (χ4n) is 2.43. The molecule has 0 saturated carbocycles. The highest BCUT2D eigenvalue weighted by Crippen LogP contribution is 2.34. The van der Waals surface area contributed by atoms with E-state index in [1.165, 1.54) is 0 Å². The van der Waals surface area contributed by atoms with Crippen LogP contribution in [-0.2, 0) is 23.6 Å². The molecular weight excluding hydrogens is 388 g/mol. The lowest BCUT2D eigenvalue weighted by molar-refractivity contribution is -0.140. The van der Waals surface area contributed by atoms with Gasteiger partial charge in [-0.15, -0.1) is 0 Å². The fourth-order valence-corrected chi connectivity index (χ4v) is 2.43. The van der Waals surface area contributed by atoms with Crippen molar-refractivity contribution in [1.82, 2.24) is 0 Å². The van der Waals surface area contributed by atoms with Crippen LogP contribution in [0.15, 0.2) is 36.4 Å². The molecule has 1 atom stereocenters. The molecule has 0 saturated heterocycles. The van der Waals surface area contributed by atoms with Gasteiger partial charge in [0, 0.05) is 0 Å². The fraction of sp³-hybridized carbons (Fsp3) is 0.235. The molecule has 0 heterocycles. The second-order valence-corrected chi connectivity index (χ2v) is 5.64. The zero-order chi connectivity index (χ0) is 20.6. The Morgan fingerprint density at radius 2 is 1.52 bits per heavy atom. The molecule has 0 aliphatic rings. The van der Waals surface area contributed by atoms with E-state index in [0.717, 1.165) is 12.1 Å². The van der Waals surface area contributed by atoms with Gasteiger partial charge in [0.1, 0.15) is 11.6 Å². The number of alkyl halides is 6. The summed E-state index contributed by atoms with van der Waals surface area (Å²) in [6.45, 7) is 0. The van der Waals surface area contributed by atoms with Gasteiger partial charge in [-0.25, -0.2) is 8.78 Å². The van der Waals surface area contributed by atoms with Gasteiger partial charge in [-0.05, 0) is 41.8 Å². The van der Waals surface area contributed by atoms with Gasteiger partial charge >= 0.3 is 18.3 Å². The Kier molecular flexibility index (Phi) is 5.48. The minimum absolute atomic E-state index is 0.182. The molecule has 146 valence electrons. The summed E-state index contributed by atoms with van der Waals surface area (Å²) in [5.74, 6) is -6.30. The number of hydrogen-bond acceptors (Lipinski definition) is 1. The Morgan fingerprint density at radius 3 is 1.96 bits per heavy atom. The molecule has 0 bridgehead atoms. The van der Waals surface area contributed by atoms with Crippen LogP contribution in [0.1, 0.15) is 28.2 Å². The highest BCUT2D eigenvalue weighted by atomic mass is 19.4. The largest absolute Gasteiger partial charge is 0.481 e. The zero-order valence-corrected chi connectivity index (χ0v) is 13.1. The third kappa shape index (κ3) is 4.75. The van der Waals surface area contributed by atoms with Crippen molar-refractivity contribution in [2.75, 3.05) is 0 Å². The van der Waals surface area contributed by atoms with Crippen LogP contribution in [0.3, 0.4) is 0 Å². The molecular formula is C17H10F8O2. The molecule has 0 aliphatic carbocycles. The lowest BCUT2D eigenvalue weighted by Gasteiger charge is -2.16. The van der Waals surface area contributed by atoms with Crippen molar-refractivity contribution >= 4 is 5.97 Å². The number of carboxylic acids is 1. The number of halogens is 8. The zero-order valence-electron chi connectivity index (χ0n) is 13.1. The molecule has 10 heteroatoms. The van der Waals surface area contributed by atoms with Crippen molar-refractivity contribution in [1.29, 1.82) is 0 Å². The molecule has 2 aromatic rings. The Balaban J connectivity index is 2.37. The molecule has 27 heavy (non-hydrogen) atoms. The van der Waals surface area contributed by atoms with E-state index in [4.69, 9.17) is 0 Å². The average molecular weight is 398 g/mol. The standard InChI is InChI=1S/C17H10F8O2/c18-13-7-10(16(20,21)22)3-1-9(13)5-11(15(26)27)8-2-4-12(14(19)6-8)17(23,24)25/h1-4,6-7,11H,5H2,(H,26,27). The Morgan fingerprint density at radius 1 is 0.889 bits per heavy atom. The van der Waals surface area contributed by atoms with Crippen LogP contribution in [0.4, 0.5) is 35.1 Å². The van der Waals surface area contributed by atoms with Crippen molar-refractivity contribution in [2.45, 2.75) is 24.7 Å². The highest BCUT2D eigenvalue weighted by Gasteiger charge is 2.35. The minimum atomic E-state index is -4.99. The number of benzene rings is 2. The number of rotatable bonds is 4. The van der Waals surface area contributed by atoms with Crippen LogP contribution in [0.2, 0.25) is 0 Å². The van der Waals surface area contributed by atoms with E-state index in [1.807, 2.05) is 0 Å². The molecule has 2 aromatic carbocycles. The highest BCUT2D eigenvalue weighted by molar-refractivity contribution is 5.76. The normalized spacial score (nSPS) is 13.5. The molecule has 0 aromatic heterocycles. The number of carbonyl (C=O) groups is 1. The van der Waals surface area contributed by atoms with Crippen LogP contribution >= 0.6 is 0 Å². The topological polar surface area (TPSA) is 37.3 Å². The SMILES string of the molecule is O=C(O)C(Cc1ccc(C(F)(F)F)cc1F)c1ccc(C(F)(F)F)c(F)c1. The van der Waals surface area contributed by atoms with Gasteiger partial charge in [-0.2, -0.15) is 26.3 Å². The van der Waals surface area contributed by atoms with Crippen molar-refractivity contribution < 1.29 is 45.0 Å².